The number of aliphatic imine (C=N–C) groups is 1. The van der Waals surface area contributed by atoms with Gasteiger partial charge in [-0.15, -0.1) is 0 Å². The molecule has 1 heterocycles. The Hall–Kier alpha value is -2.73. The number of hydrogen-bond donors (Lipinski definition) is 0. The van der Waals surface area contributed by atoms with E-state index in [1.165, 1.54) is 12.1 Å². The van der Waals surface area contributed by atoms with Crippen LogP contribution in [0.2, 0.25) is 0 Å². The molecule has 0 unspecified atom stereocenters. The summed E-state index contributed by atoms with van der Waals surface area (Å²) in [5.74, 6) is 0. The van der Waals surface area contributed by atoms with Crippen LogP contribution in [0.1, 0.15) is 5.69 Å². The van der Waals surface area contributed by atoms with Crippen LogP contribution in [0.25, 0.3) is 5.69 Å². The minimum atomic E-state index is -0.427. The summed E-state index contributed by atoms with van der Waals surface area (Å²) in [5.41, 5.74) is 2.48. The third kappa shape index (κ3) is 3.54. The van der Waals surface area contributed by atoms with Gasteiger partial charge in [-0.05, 0) is 42.5 Å². The van der Waals surface area contributed by atoms with Crippen LogP contribution in [0.3, 0.4) is 0 Å². The highest BCUT2D eigenvalue weighted by Gasteiger charge is 2.05. The normalized spacial score (nSPS) is 11.0. The zero-order chi connectivity index (χ0) is 16.2. The Kier molecular flexibility index (Phi) is 4.34. The van der Waals surface area contributed by atoms with Crippen LogP contribution in [-0.4, -0.2) is 15.7 Å². The molecule has 23 heavy (non-hydrogen) atoms. The van der Waals surface area contributed by atoms with Gasteiger partial charge in [-0.25, -0.2) is 0 Å². The first kappa shape index (κ1) is 15.2. The van der Waals surface area contributed by atoms with Crippen molar-refractivity contribution in [1.82, 2.24) is 4.57 Å². The van der Waals surface area contributed by atoms with Crippen molar-refractivity contribution >= 4 is 33.5 Å². The van der Waals surface area contributed by atoms with Crippen LogP contribution in [0.4, 0.5) is 11.4 Å². The maximum atomic E-state index is 10.8. The van der Waals surface area contributed by atoms with Gasteiger partial charge in [0.15, 0.2) is 0 Å². The second-order valence-corrected chi connectivity index (χ2v) is 5.73. The minimum absolute atomic E-state index is 0.0305. The van der Waals surface area contributed by atoms with Gasteiger partial charge in [0.25, 0.3) is 5.69 Å². The summed E-state index contributed by atoms with van der Waals surface area (Å²) >= 11 is 3.42. The van der Waals surface area contributed by atoms with Crippen LogP contribution in [0.5, 0.6) is 0 Å². The number of halogens is 1. The summed E-state index contributed by atoms with van der Waals surface area (Å²) in [6.45, 7) is 0. The molecule has 0 bridgehead atoms. The summed E-state index contributed by atoms with van der Waals surface area (Å²) in [6.07, 6.45) is 3.64. The van der Waals surface area contributed by atoms with Crippen molar-refractivity contribution in [1.29, 1.82) is 0 Å². The SMILES string of the molecule is O=[N+]([O-])c1cccc(N=Cc2cccn2-c2ccc(Br)cc2)c1. The Balaban J connectivity index is 1.89. The molecule has 6 heteroatoms. The summed E-state index contributed by atoms with van der Waals surface area (Å²) < 4.78 is 3.01. The molecular weight excluding hydrogens is 358 g/mol. The number of hydrogen-bond acceptors (Lipinski definition) is 3. The lowest BCUT2D eigenvalue weighted by Gasteiger charge is -2.06. The van der Waals surface area contributed by atoms with Gasteiger partial charge in [0, 0.05) is 28.5 Å². The molecule has 0 aliphatic rings. The summed E-state index contributed by atoms with van der Waals surface area (Å²) in [5, 5.41) is 10.8. The molecule has 0 spiro atoms. The smallest absolute Gasteiger partial charge is 0.271 e. The van der Waals surface area contributed by atoms with E-state index in [9.17, 15) is 10.1 Å². The Morgan fingerprint density at radius 2 is 1.87 bits per heavy atom. The first-order valence-corrected chi connectivity index (χ1v) is 7.64. The quantitative estimate of drug-likeness (QED) is 0.373. The van der Waals surface area contributed by atoms with Crippen molar-refractivity contribution < 1.29 is 4.92 Å². The van der Waals surface area contributed by atoms with Crippen molar-refractivity contribution in [2.75, 3.05) is 0 Å². The van der Waals surface area contributed by atoms with Crippen LogP contribution < -0.4 is 0 Å². The fraction of sp³-hybridized carbons (Fsp3) is 0. The van der Waals surface area contributed by atoms with Gasteiger partial charge in [-0.2, -0.15) is 0 Å². The predicted octanol–water partition coefficient (Wildman–Crippen LogP) is 4.90. The molecule has 0 saturated carbocycles. The number of aromatic nitrogens is 1. The topological polar surface area (TPSA) is 60.4 Å². The number of benzene rings is 2. The third-order valence-corrected chi connectivity index (χ3v) is 3.80. The average Bonchev–Trinajstić information content (AvgIpc) is 3.02. The Labute approximate surface area is 141 Å². The summed E-state index contributed by atoms with van der Waals surface area (Å²) in [4.78, 5) is 14.7. The molecule has 0 N–H and O–H groups in total. The molecule has 114 valence electrons. The number of rotatable bonds is 4. The van der Waals surface area contributed by atoms with E-state index in [0.717, 1.165) is 15.9 Å². The van der Waals surface area contributed by atoms with Gasteiger partial charge in [-0.1, -0.05) is 22.0 Å². The van der Waals surface area contributed by atoms with Gasteiger partial charge in [0.1, 0.15) is 0 Å². The van der Waals surface area contributed by atoms with Crippen LogP contribution in [0, 0.1) is 10.1 Å². The largest absolute Gasteiger partial charge is 0.316 e. The molecule has 0 aliphatic carbocycles. The van der Waals surface area contributed by atoms with E-state index in [2.05, 4.69) is 20.9 Å². The fourth-order valence-electron chi connectivity index (χ4n) is 2.16. The number of nitro groups is 1. The van der Waals surface area contributed by atoms with E-state index in [1.807, 2.05) is 47.2 Å². The lowest BCUT2D eigenvalue weighted by molar-refractivity contribution is -0.384. The van der Waals surface area contributed by atoms with E-state index in [0.29, 0.717) is 5.69 Å². The molecule has 2 aromatic carbocycles. The standard InChI is InChI=1S/C17H12BrN3O2/c18-13-6-8-15(9-7-13)20-10-2-5-17(20)12-19-14-3-1-4-16(11-14)21(22)23/h1-12H. The first-order valence-electron chi connectivity index (χ1n) is 6.85. The summed E-state index contributed by atoms with van der Waals surface area (Å²) in [7, 11) is 0. The maximum absolute atomic E-state index is 10.8. The molecule has 3 rings (SSSR count). The molecule has 0 saturated heterocycles. The molecule has 0 radical (unpaired) electrons. The highest BCUT2D eigenvalue weighted by atomic mass is 79.9. The van der Waals surface area contributed by atoms with Crippen molar-refractivity contribution in [2.45, 2.75) is 0 Å². The summed E-state index contributed by atoms with van der Waals surface area (Å²) in [6, 6.07) is 18.0. The fourth-order valence-corrected chi connectivity index (χ4v) is 2.43. The Morgan fingerprint density at radius 3 is 2.61 bits per heavy atom. The number of nitrogens with zero attached hydrogens (tertiary/aromatic N) is 3. The lowest BCUT2D eigenvalue weighted by atomic mass is 10.3. The lowest BCUT2D eigenvalue weighted by Crippen LogP contribution is -1.97. The molecule has 0 atom stereocenters. The second-order valence-electron chi connectivity index (χ2n) is 4.81. The average molecular weight is 370 g/mol. The second kappa shape index (κ2) is 6.58. The van der Waals surface area contributed by atoms with Crippen molar-refractivity contribution in [3.8, 4) is 5.69 Å². The molecule has 0 amide bonds. The van der Waals surface area contributed by atoms with Gasteiger partial charge in [0.2, 0.25) is 0 Å². The van der Waals surface area contributed by atoms with E-state index in [-0.39, 0.29) is 5.69 Å². The molecule has 0 aliphatic heterocycles. The van der Waals surface area contributed by atoms with E-state index >= 15 is 0 Å². The van der Waals surface area contributed by atoms with Crippen molar-refractivity contribution in [3.63, 3.8) is 0 Å². The highest BCUT2D eigenvalue weighted by Crippen LogP contribution is 2.20. The van der Waals surface area contributed by atoms with Crippen LogP contribution >= 0.6 is 15.9 Å². The highest BCUT2D eigenvalue weighted by molar-refractivity contribution is 9.10. The molecular formula is C17H12BrN3O2. The van der Waals surface area contributed by atoms with Crippen LogP contribution in [-0.2, 0) is 0 Å². The molecule has 5 nitrogen and oxygen atoms in total. The van der Waals surface area contributed by atoms with E-state index < -0.39 is 4.92 Å². The molecule has 3 aromatic rings. The first-order chi connectivity index (χ1) is 11.1. The number of non-ortho nitro benzene ring substituents is 1. The predicted molar refractivity (Wildman–Crippen MR) is 93.8 cm³/mol. The van der Waals surface area contributed by atoms with Gasteiger partial charge in [-0.3, -0.25) is 15.1 Å². The zero-order valence-electron chi connectivity index (χ0n) is 12.0. The zero-order valence-corrected chi connectivity index (χ0v) is 13.6. The van der Waals surface area contributed by atoms with Gasteiger partial charge < -0.3 is 4.57 Å². The van der Waals surface area contributed by atoms with Gasteiger partial charge in [0.05, 0.1) is 22.5 Å². The van der Waals surface area contributed by atoms with E-state index in [4.69, 9.17) is 0 Å². The Bertz CT molecular complexity index is 870. The number of nitro benzene ring substituents is 1. The Morgan fingerprint density at radius 1 is 1.09 bits per heavy atom. The third-order valence-electron chi connectivity index (χ3n) is 3.27. The van der Waals surface area contributed by atoms with Crippen molar-refractivity contribution in [2.24, 2.45) is 4.99 Å². The maximum Gasteiger partial charge on any atom is 0.271 e. The molecule has 0 fully saturated rings. The molecule has 1 aromatic heterocycles. The van der Waals surface area contributed by atoms with Crippen molar-refractivity contribution in [3.05, 3.63) is 87.1 Å². The minimum Gasteiger partial charge on any atom is -0.316 e. The monoisotopic (exact) mass is 369 g/mol. The van der Waals surface area contributed by atoms with Gasteiger partial charge >= 0.3 is 0 Å². The van der Waals surface area contributed by atoms with Crippen LogP contribution in [0.15, 0.2) is 76.3 Å². The van der Waals surface area contributed by atoms with E-state index in [1.54, 1.807) is 18.3 Å².